The van der Waals surface area contributed by atoms with E-state index < -0.39 is 0 Å². The number of nitrogens with one attached hydrogen (secondary N) is 1. The van der Waals surface area contributed by atoms with Gasteiger partial charge in [0.1, 0.15) is 11.6 Å². The lowest BCUT2D eigenvalue weighted by Gasteiger charge is -2.17. The van der Waals surface area contributed by atoms with Crippen molar-refractivity contribution in [2.24, 2.45) is 0 Å². The Morgan fingerprint density at radius 1 is 0.919 bits per heavy atom. The Balaban J connectivity index is 1.48. The Bertz CT molecular complexity index is 1370. The van der Waals surface area contributed by atoms with Crippen LogP contribution in [0, 0.1) is 0 Å². The molecule has 0 bridgehead atoms. The predicted molar refractivity (Wildman–Crippen MR) is 146 cm³/mol. The van der Waals surface area contributed by atoms with Gasteiger partial charge in [0.25, 0.3) is 5.91 Å². The van der Waals surface area contributed by atoms with E-state index in [9.17, 15) is 9.59 Å². The molecule has 0 unspecified atom stereocenters. The highest BCUT2D eigenvalue weighted by Gasteiger charge is 2.22. The molecular formula is C30H32N4O3. The number of carbonyl (C=O) groups is 2. The van der Waals surface area contributed by atoms with Gasteiger partial charge >= 0.3 is 0 Å². The van der Waals surface area contributed by atoms with Crippen LogP contribution in [0.4, 0.5) is 5.82 Å². The molecule has 2 amide bonds. The number of nitrogens with zero attached hydrogens (tertiary/aromatic N) is 3. The molecule has 4 rings (SSSR count). The minimum Gasteiger partial charge on any atom is -0.497 e. The van der Waals surface area contributed by atoms with E-state index >= 15 is 0 Å². The molecule has 0 radical (unpaired) electrons. The van der Waals surface area contributed by atoms with Gasteiger partial charge in [-0.25, -0.2) is 4.68 Å². The molecule has 0 aliphatic rings. The van der Waals surface area contributed by atoms with Crippen molar-refractivity contribution in [3.8, 4) is 22.6 Å². The second-order valence-electron chi connectivity index (χ2n) is 9.93. The van der Waals surface area contributed by atoms with Crippen LogP contribution in [0.2, 0.25) is 0 Å². The third kappa shape index (κ3) is 6.06. The van der Waals surface area contributed by atoms with Gasteiger partial charge < -0.3 is 15.0 Å². The van der Waals surface area contributed by atoms with E-state index in [4.69, 9.17) is 9.84 Å². The number of benzene rings is 3. The van der Waals surface area contributed by atoms with Gasteiger partial charge in [-0.15, -0.1) is 0 Å². The molecule has 37 heavy (non-hydrogen) atoms. The maximum absolute atomic E-state index is 13.0. The topological polar surface area (TPSA) is 76.5 Å². The molecule has 7 nitrogen and oxygen atoms in total. The fourth-order valence-corrected chi connectivity index (χ4v) is 3.88. The van der Waals surface area contributed by atoms with Gasteiger partial charge in [-0.3, -0.25) is 9.59 Å². The predicted octanol–water partition coefficient (Wildman–Crippen LogP) is 5.56. The van der Waals surface area contributed by atoms with Crippen LogP contribution in [0.25, 0.3) is 16.8 Å². The van der Waals surface area contributed by atoms with E-state index in [2.05, 4.69) is 26.1 Å². The highest BCUT2D eigenvalue weighted by atomic mass is 16.5. The Hall–Kier alpha value is -4.39. The summed E-state index contributed by atoms with van der Waals surface area (Å²) in [5, 5.41) is 7.67. The van der Waals surface area contributed by atoms with Crippen molar-refractivity contribution in [1.29, 1.82) is 0 Å². The Labute approximate surface area is 217 Å². The number of amides is 2. The molecule has 3 aromatic carbocycles. The van der Waals surface area contributed by atoms with Gasteiger partial charge in [0.15, 0.2) is 0 Å². The molecule has 1 N–H and O–H groups in total. The lowest BCUT2D eigenvalue weighted by Crippen LogP contribution is -2.35. The van der Waals surface area contributed by atoms with Crippen molar-refractivity contribution in [2.75, 3.05) is 26.0 Å². The highest BCUT2D eigenvalue weighted by Crippen LogP contribution is 2.27. The van der Waals surface area contributed by atoms with E-state index in [1.54, 1.807) is 31.0 Å². The van der Waals surface area contributed by atoms with E-state index in [-0.39, 0.29) is 23.8 Å². The van der Waals surface area contributed by atoms with Gasteiger partial charge in [-0.05, 0) is 47.5 Å². The maximum atomic E-state index is 13.0. The number of anilines is 1. The molecule has 1 aromatic heterocycles. The molecule has 0 aliphatic carbocycles. The number of carbonyl (C=O) groups excluding carboxylic acids is 2. The summed E-state index contributed by atoms with van der Waals surface area (Å²) in [7, 11) is 3.23. The van der Waals surface area contributed by atoms with Crippen molar-refractivity contribution in [1.82, 2.24) is 14.7 Å². The smallest absolute Gasteiger partial charge is 0.254 e. The van der Waals surface area contributed by atoms with Crippen molar-refractivity contribution < 1.29 is 14.3 Å². The Morgan fingerprint density at radius 2 is 1.54 bits per heavy atom. The molecule has 0 aliphatic heterocycles. The molecule has 0 atom stereocenters. The zero-order valence-corrected chi connectivity index (χ0v) is 21.9. The first-order valence-corrected chi connectivity index (χ1v) is 12.1. The first-order valence-electron chi connectivity index (χ1n) is 12.1. The monoisotopic (exact) mass is 496 g/mol. The molecular weight excluding hydrogens is 464 g/mol. The van der Waals surface area contributed by atoms with Gasteiger partial charge in [0.05, 0.1) is 25.0 Å². The normalized spacial score (nSPS) is 11.2. The lowest BCUT2D eigenvalue weighted by atomic mass is 9.92. The van der Waals surface area contributed by atoms with Crippen LogP contribution in [0.1, 0.15) is 36.8 Å². The number of methoxy groups -OCH3 is 1. The third-order valence-corrected chi connectivity index (χ3v) is 6.03. The number of aromatic nitrogens is 2. The van der Waals surface area contributed by atoms with Crippen molar-refractivity contribution in [3.05, 3.63) is 96.2 Å². The minimum absolute atomic E-state index is 0.0993. The fourth-order valence-electron chi connectivity index (χ4n) is 3.88. The summed E-state index contributed by atoms with van der Waals surface area (Å²) < 4.78 is 6.95. The lowest BCUT2D eigenvalue weighted by molar-refractivity contribution is -0.116. The minimum atomic E-state index is -0.313. The average molecular weight is 497 g/mol. The Kier molecular flexibility index (Phi) is 7.43. The molecule has 7 heteroatoms. The second kappa shape index (κ2) is 10.7. The first kappa shape index (κ1) is 25.7. The second-order valence-corrected chi connectivity index (χ2v) is 9.93. The summed E-state index contributed by atoms with van der Waals surface area (Å²) in [5.41, 5.74) is 4.04. The number of hydrogen-bond acceptors (Lipinski definition) is 4. The molecule has 1 heterocycles. The summed E-state index contributed by atoms with van der Waals surface area (Å²) >= 11 is 0. The van der Waals surface area contributed by atoms with Gasteiger partial charge in [0, 0.05) is 24.1 Å². The number of hydrogen-bond donors (Lipinski definition) is 1. The summed E-state index contributed by atoms with van der Waals surface area (Å²) in [5.74, 6) is 0.725. The van der Waals surface area contributed by atoms with E-state index in [1.807, 2.05) is 72.8 Å². The van der Waals surface area contributed by atoms with Crippen LogP contribution in [-0.4, -0.2) is 47.2 Å². The maximum Gasteiger partial charge on any atom is 0.254 e. The summed E-state index contributed by atoms with van der Waals surface area (Å²) in [4.78, 5) is 27.4. The summed E-state index contributed by atoms with van der Waals surface area (Å²) in [6, 6.07) is 26.7. The summed E-state index contributed by atoms with van der Waals surface area (Å²) in [6.45, 7) is 6.09. The zero-order chi connectivity index (χ0) is 26.6. The molecule has 0 saturated carbocycles. The number of rotatable bonds is 7. The summed E-state index contributed by atoms with van der Waals surface area (Å²) in [6.07, 6.45) is 0. The SMILES string of the molecule is COc1ccc(-n2nc(C(C)(C)C)cc2NC(=O)CN(C)C(=O)c2ccc(-c3ccccc3)cc2)cc1. The third-order valence-electron chi connectivity index (χ3n) is 6.03. The molecule has 0 saturated heterocycles. The standard InChI is InChI=1S/C30H32N4O3/c1-30(2,3)26-19-27(34(32-26)24-15-17-25(37-5)18-16-24)31-28(35)20-33(4)29(36)23-13-11-22(12-14-23)21-9-7-6-8-10-21/h6-19H,20H2,1-5H3,(H,31,35). The fraction of sp³-hybridized carbons (Fsp3) is 0.233. The van der Waals surface area contributed by atoms with Crippen LogP contribution in [0.3, 0.4) is 0 Å². The largest absolute Gasteiger partial charge is 0.497 e. The van der Waals surface area contributed by atoms with Gasteiger partial charge in [-0.2, -0.15) is 5.10 Å². The quantitative estimate of drug-likeness (QED) is 0.364. The van der Waals surface area contributed by atoms with Crippen LogP contribution in [0.15, 0.2) is 84.9 Å². The molecule has 190 valence electrons. The number of ether oxygens (including phenoxy) is 1. The highest BCUT2D eigenvalue weighted by molar-refractivity contribution is 5.99. The average Bonchev–Trinajstić information content (AvgIpc) is 3.33. The van der Waals surface area contributed by atoms with Crippen LogP contribution >= 0.6 is 0 Å². The molecule has 0 spiro atoms. The van der Waals surface area contributed by atoms with Crippen LogP contribution in [0.5, 0.6) is 5.75 Å². The van der Waals surface area contributed by atoms with E-state index in [0.29, 0.717) is 11.4 Å². The van der Waals surface area contributed by atoms with E-state index in [1.165, 1.54) is 4.90 Å². The van der Waals surface area contributed by atoms with Crippen molar-refractivity contribution >= 4 is 17.6 Å². The Morgan fingerprint density at radius 3 is 2.14 bits per heavy atom. The molecule has 4 aromatic rings. The van der Waals surface area contributed by atoms with Gasteiger partial charge in [-0.1, -0.05) is 63.2 Å². The van der Waals surface area contributed by atoms with Gasteiger partial charge in [0.2, 0.25) is 5.91 Å². The zero-order valence-electron chi connectivity index (χ0n) is 21.9. The molecule has 0 fully saturated rings. The van der Waals surface area contributed by atoms with Crippen LogP contribution < -0.4 is 10.1 Å². The van der Waals surface area contributed by atoms with E-state index in [0.717, 1.165) is 28.3 Å². The van der Waals surface area contributed by atoms with Crippen molar-refractivity contribution in [3.63, 3.8) is 0 Å². The number of likely N-dealkylation sites (N-methyl/N-ethyl adjacent to an activating group) is 1. The van der Waals surface area contributed by atoms with Crippen LogP contribution in [-0.2, 0) is 10.2 Å². The van der Waals surface area contributed by atoms with Crippen molar-refractivity contribution in [2.45, 2.75) is 26.2 Å². The first-order chi connectivity index (χ1) is 17.7.